The maximum atomic E-state index is 14.8. The third-order valence-corrected chi connectivity index (χ3v) is 6.63. The van der Waals surface area contributed by atoms with Crippen LogP contribution >= 0.6 is 23.2 Å². The number of hydrogen-bond acceptors (Lipinski definition) is 6. The highest BCUT2D eigenvalue weighted by molar-refractivity contribution is 6.42. The highest BCUT2D eigenvalue weighted by atomic mass is 35.5. The van der Waals surface area contributed by atoms with E-state index in [1.807, 2.05) is 5.32 Å². The number of rotatable bonds is 12. The zero-order valence-corrected chi connectivity index (χ0v) is 23.7. The van der Waals surface area contributed by atoms with Crippen molar-refractivity contribution in [1.82, 2.24) is 16.0 Å². The molecule has 0 fully saturated rings. The Morgan fingerprint density at radius 1 is 0.881 bits per heavy atom. The molecule has 9 nitrogen and oxygen atoms in total. The lowest BCUT2D eigenvalue weighted by atomic mass is 9.97. The summed E-state index contributed by atoms with van der Waals surface area (Å²) in [6.45, 7) is 1.29. The number of ketones is 1. The first kappa shape index (κ1) is 34.7. The number of carbonyl (C=O) groups is 4. The van der Waals surface area contributed by atoms with Gasteiger partial charge in [0.1, 0.15) is 17.8 Å². The highest BCUT2D eigenvalue weighted by Crippen LogP contribution is 2.33. The minimum atomic E-state index is -5.28. The number of amides is 3. The Hall–Kier alpha value is -3.49. The molecule has 2 aromatic rings. The second-order valence-corrected chi connectivity index (χ2v) is 10.0. The minimum Gasteiger partial charge on any atom is -0.497 e. The number of halogens is 7. The lowest BCUT2D eigenvalue weighted by Crippen LogP contribution is -2.56. The van der Waals surface area contributed by atoms with Crippen LogP contribution in [0.2, 0.25) is 10.0 Å². The number of nitrogens with one attached hydrogen (secondary N) is 3. The van der Waals surface area contributed by atoms with Gasteiger partial charge in [0.15, 0.2) is 0 Å². The monoisotopic (exact) mass is 641 g/mol. The molecule has 3 atom stereocenters. The molecule has 42 heavy (non-hydrogen) atoms. The average Bonchev–Trinajstić information content (AvgIpc) is 2.93. The van der Waals surface area contributed by atoms with Gasteiger partial charge in [0.2, 0.25) is 11.8 Å². The maximum Gasteiger partial charge on any atom is 0.452 e. The predicted octanol–water partition coefficient (Wildman–Crippen LogP) is 3.70. The lowest BCUT2D eigenvalue weighted by molar-refractivity contribution is -0.175. The second kappa shape index (κ2) is 14.1. The summed E-state index contributed by atoms with van der Waals surface area (Å²) in [4.78, 5) is 50.5. The van der Waals surface area contributed by atoms with E-state index in [2.05, 4.69) is 5.32 Å². The van der Waals surface area contributed by atoms with Crippen LogP contribution in [0.5, 0.6) is 5.75 Å². The third-order valence-electron chi connectivity index (χ3n) is 5.90. The lowest BCUT2D eigenvalue weighted by Gasteiger charge is -2.27. The number of hydrogen-bond donors (Lipinski definition) is 4. The van der Waals surface area contributed by atoms with Gasteiger partial charge in [-0.25, -0.2) is 0 Å². The molecule has 16 heteroatoms. The summed E-state index contributed by atoms with van der Waals surface area (Å²) >= 11 is 11.5. The predicted molar refractivity (Wildman–Crippen MR) is 141 cm³/mol. The van der Waals surface area contributed by atoms with Crippen LogP contribution in [0.4, 0.5) is 22.0 Å². The van der Waals surface area contributed by atoms with E-state index in [1.54, 1.807) is 5.32 Å². The molecule has 0 spiro atoms. The van der Waals surface area contributed by atoms with Crippen molar-refractivity contribution in [2.45, 2.75) is 44.1 Å². The Balaban J connectivity index is 2.35. The number of benzene rings is 2. The molecule has 0 aliphatic carbocycles. The molecule has 0 aliphatic rings. The van der Waals surface area contributed by atoms with Crippen LogP contribution < -0.4 is 20.7 Å². The summed E-state index contributed by atoms with van der Waals surface area (Å²) in [7, 11) is 1.33. The molecule has 0 aliphatic heterocycles. The van der Waals surface area contributed by atoms with Crippen molar-refractivity contribution in [2.24, 2.45) is 5.92 Å². The third kappa shape index (κ3) is 8.52. The Kier molecular flexibility index (Phi) is 11.7. The van der Waals surface area contributed by atoms with Crippen LogP contribution in [0, 0.1) is 5.92 Å². The van der Waals surface area contributed by atoms with Gasteiger partial charge in [-0.2, -0.15) is 22.0 Å². The van der Waals surface area contributed by atoms with Crippen LogP contribution in [0.15, 0.2) is 42.5 Å². The average molecular weight is 642 g/mol. The van der Waals surface area contributed by atoms with Crippen LogP contribution in [0.25, 0.3) is 0 Å². The molecule has 0 saturated heterocycles. The SMILES string of the molecule is COc1ccc([C@H](NC(=O)[C@H](CO)NC(=O)C(F)(F)c2ccc(Cl)c(Cl)c2)C(=O)N[C@H](C(=O)C(F)(F)F)C(C)C)cc1. The van der Waals surface area contributed by atoms with E-state index in [0.717, 1.165) is 18.2 Å². The second-order valence-electron chi connectivity index (χ2n) is 9.22. The van der Waals surface area contributed by atoms with Crippen LogP contribution in [0.1, 0.15) is 31.0 Å². The molecule has 2 rings (SSSR count). The van der Waals surface area contributed by atoms with Crippen molar-refractivity contribution < 1.29 is 51.0 Å². The summed E-state index contributed by atoms with van der Waals surface area (Å²) in [6.07, 6.45) is -5.28. The number of Topliss-reactive ketones (excluding diaryl/α,β-unsaturated/α-hetero) is 1. The molecule has 2 aromatic carbocycles. The number of methoxy groups -OCH3 is 1. The zero-order chi connectivity index (χ0) is 32.0. The van der Waals surface area contributed by atoms with Gasteiger partial charge in [-0.05, 0) is 35.7 Å². The topological polar surface area (TPSA) is 134 Å². The van der Waals surface area contributed by atoms with E-state index in [-0.39, 0.29) is 15.6 Å². The number of alkyl halides is 5. The summed E-state index contributed by atoms with van der Waals surface area (Å²) in [5.41, 5.74) is -0.899. The Morgan fingerprint density at radius 3 is 1.95 bits per heavy atom. The first-order chi connectivity index (χ1) is 19.4. The molecule has 4 N–H and O–H groups in total. The molecule has 0 bridgehead atoms. The molecule has 230 valence electrons. The van der Waals surface area contributed by atoms with E-state index in [4.69, 9.17) is 27.9 Å². The molecule has 3 amide bonds. The minimum absolute atomic E-state index is 0.0206. The highest BCUT2D eigenvalue weighted by Gasteiger charge is 2.46. The van der Waals surface area contributed by atoms with Crippen molar-refractivity contribution in [3.8, 4) is 5.75 Å². The van der Waals surface area contributed by atoms with E-state index in [9.17, 15) is 46.2 Å². The molecular formula is C26H26Cl2F5N3O6. The first-order valence-electron chi connectivity index (χ1n) is 12.0. The number of ether oxygens (including phenoxy) is 1. The van der Waals surface area contributed by atoms with Crippen molar-refractivity contribution in [3.05, 3.63) is 63.6 Å². The van der Waals surface area contributed by atoms with E-state index in [1.165, 1.54) is 45.2 Å². The normalized spacial score (nSPS) is 14.0. The van der Waals surface area contributed by atoms with Gasteiger partial charge < -0.3 is 25.8 Å². The van der Waals surface area contributed by atoms with Crippen molar-refractivity contribution in [3.63, 3.8) is 0 Å². The van der Waals surface area contributed by atoms with Gasteiger partial charge in [-0.3, -0.25) is 19.2 Å². The molecule has 0 saturated carbocycles. The van der Waals surface area contributed by atoms with Crippen molar-refractivity contribution in [1.29, 1.82) is 0 Å². The smallest absolute Gasteiger partial charge is 0.452 e. The molecule has 0 aromatic heterocycles. The fourth-order valence-electron chi connectivity index (χ4n) is 3.55. The fraction of sp³-hybridized carbons (Fsp3) is 0.385. The summed E-state index contributed by atoms with van der Waals surface area (Å²) in [6, 6.07) is 1.93. The largest absolute Gasteiger partial charge is 0.497 e. The number of aliphatic hydroxyl groups is 1. The molecule has 0 heterocycles. The molecule has 0 unspecified atom stereocenters. The number of aliphatic hydroxyl groups excluding tert-OH is 1. The van der Waals surface area contributed by atoms with Crippen molar-refractivity contribution >= 4 is 46.7 Å². The van der Waals surface area contributed by atoms with Gasteiger partial charge in [-0.1, -0.05) is 55.2 Å². The summed E-state index contributed by atoms with van der Waals surface area (Å²) in [5.74, 6) is -11.8. The van der Waals surface area contributed by atoms with Crippen LogP contribution in [0.3, 0.4) is 0 Å². The van der Waals surface area contributed by atoms with Gasteiger partial charge >= 0.3 is 12.1 Å². The van der Waals surface area contributed by atoms with Gasteiger partial charge in [0.25, 0.3) is 11.7 Å². The Bertz CT molecular complexity index is 1310. The van der Waals surface area contributed by atoms with Crippen molar-refractivity contribution in [2.75, 3.05) is 13.7 Å². The van der Waals surface area contributed by atoms with E-state index >= 15 is 0 Å². The van der Waals surface area contributed by atoms with E-state index in [0.29, 0.717) is 5.75 Å². The number of carbonyl (C=O) groups excluding carboxylic acids is 4. The molecular weight excluding hydrogens is 616 g/mol. The standard InChI is InChI=1S/C26H26Cl2F5N3O6/c1-12(2)19(21(38)26(31,32)33)35-23(40)20(13-4-7-15(42-3)8-5-13)36-22(39)18(11-37)34-24(41)25(29,30)14-6-9-16(27)17(28)10-14/h4-10,12,18-20,37H,11H2,1-3H3,(H,34,41)(H,35,40)(H,36,39)/t18-,19-,20-/m0/s1. The quantitative estimate of drug-likeness (QED) is 0.261. The Morgan fingerprint density at radius 2 is 1.48 bits per heavy atom. The van der Waals surface area contributed by atoms with E-state index < -0.39 is 71.8 Å². The summed E-state index contributed by atoms with van der Waals surface area (Å²) in [5, 5.41) is 15.1. The van der Waals surface area contributed by atoms with Gasteiger partial charge in [-0.15, -0.1) is 0 Å². The van der Waals surface area contributed by atoms with Gasteiger partial charge in [0.05, 0.1) is 29.8 Å². The maximum absolute atomic E-state index is 14.8. The zero-order valence-electron chi connectivity index (χ0n) is 22.2. The van der Waals surface area contributed by atoms with Crippen LogP contribution in [-0.4, -0.2) is 60.6 Å². The van der Waals surface area contributed by atoms with Gasteiger partial charge in [0, 0.05) is 5.56 Å². The molecule has 0 radical (unpaired) electrons. The van der Waals surface area contributed by atoms with Crippen LogP contribution in [-0.2, 0) is 25.1 Å². The summed E-state index contributed by atoms with van der Waals surface area (Å²) < 4.78 is 74.0. The Labute approximate surface area is 246 Å². The first-order valence-corrected chi connectivity index (χ1v) is 12.8. The fourth-order valence-corrected chi connectivity index (χ4v) is 3.85.